The molecular weight excluding hydrogens is 558 g/mol. The van der Waals surface area contributed by atoms with Crippen LogP contribution in [0.1, 0.15) is 56.3 Å². The van der Waals surface area contributed by atoms with Gasteiger partial charge in [-0.2, -0.15) is 0 Å². The number of allylic oxidation sites excluding steroid dienone is 1. The SMILES string of the molecule is CCOC(=O)C1=C(C)N=c2s/c(=C/c3cc(C)n(-c4cccc(Cl)c4)c3C)c(=O)n2[C@H]1c1ccccc1OC(C)C. The topological polar surface area (TPSA) is 74.8 Å². The van der Waals surface area contributed by atoms with Crippen molar-refractivity contribution < 1.29 is 14.3 Å². The largest absolute Gasteiger partial charge is 0.491 e. The van der Waals surface area contributed by atoms with Gasteiger partial charge in [0.2, 0.25) is 0 Å². The van der Waals surface area contributed by atoms with Gasteiger partial charge in [0.1, 0.15) is 11.8 Å². The molecular formula is C32H32ClN3O4S. The van der Waals surface area contributed by atoms with Crippen molar-refractivity contribution in [2.75, 3.05) is 6.61 Å². The number of esters is 1. The minimum atomic E-state index is -0.749. The minimum Gasteiger partial charge on any atom is -0.491 e. The molecule has 0 bridgehead atoms. The Hall–Kier alpha value is -3.88. The Morgan fingerprint density at radius 3 is 2.59 bits per heavy atom. The van der Waals surface area contributed by atoms with Gasteiger partial charge < -0.3 is 14.0 Å². The van der Waals surface area contributed by atoms with Gasteiger partial charge in [0.15, 0.2) is 4.80 Å². The van der Waals surface area contributed by atoms with Crippen LogP contribution < -0.4 is 19.6 Å². The number of aryl methyl sites for hydroxylation is 1. The number of nitrogens with zero attached hydrogens (tertiary/aromatic N) is 3. The van der Waals surface area contributed by atoms with E-state index < -0.39 is 12.0 Å². The van der Waals surface area contributed by atoms with Gasteiger partial charge in [-0.25, -0.2) is 9.79 Å². The second-order valence-corrected chi connectivity index (χ2v) is 11.6. The molecule has 0 spiro atoms. The molecule has 0 fully saturated rings. The summed E-state index contributed by atoms with van der Waals surface area (Å²) in [6.45, 7) is 11.7. The predicted molar refractivity (Wildman–Crippen MR) is 163 cm³/mol. The first-order valence-corrected chi connectivity index (χ1v) is 14.7. The maximum Gasteiger partial charge on any atom is 0.338 e. The number of hydrogen-bond acceptors (Lipinski definition) is 6. The summed E-state index contributed by atoms with van der Waals surface area (Å²) in [6, 6.07) is 16.5. The van der Waals surface area contributed by atoms with Crippen molar-refractivity contribution in [3.63, 3.8) is 0 Å². The highest BCUT2D eigenvalue weighted by molar-refractivity contribution is 7.07. The van der Waals surface area contributed by atoms with Gasteiger partial charge >= 0.3 is 5.97 Å². The summed E-state index contributed by atoms with van der Waals surface area (Å²) in [5.41, 5.74) is 5.15. The highest BCUT2D eigenvalue weighted by Crippen LogP contribution is 2.36. The van der Waals surface area contributed by atoms with E-state index in [1.807, 2.05) is 88.4 Å². The van der Waals surface area contributed by atoms with E-state index in [2.05, 4.69) is 4.57 Å². The maximum atomic E-state index is 14.1. The molecule has 0 amide bonds. The molecule has 5 rings (SSSR count). The third-order valence-electron chi connectivity index (χ3n) is 6.92. The minimum absolute atomic E-state index is 0.0992. The summed E-state index contributed by atoms with van der Waals surface area (Å²) >= 11 is 7.56. The van der Waals surface area contributed by atoms with Crippen LogP contribution in [0.25, 0.3) is 11.8 Å². The monoisotopic (exact) mass is 589 g/mol. The highest BCUT2D eigenvalue weighted by atomic mass is 35.5. The normalized spacial score (nSPS) is 15.2. The van der Waals surface area contributed by atoms with Crippen molar-refractivity contribution in [3.05, 3.63) is 113 Å². The van der Waals surface area contributed by atoms with Gasteiger partial charge in [0.05, 0.1) is 28.5 Å². The van der Waals surface area contributed by atoms with E-state index in [-0.39, 0.29) is 18.3 Å². The van der Waals surface area contributed by atoms with Crippen LogP contribution in [0.3, 0.4) is 0 Å². The molecule has 0 unspecified atom stereocenters. The molecule has 0 saturated heterocycles. The molecule has 0 saturated carbocycles. The fourth-order valence-electron chi connectivity index (χ4n) is 5.24. The first-order valence-electron chi connectivity index (χ1n) is 13.5. The number of aromatic nitrogens is 2. The Kier molecular flexibility index (Phi) is 8.07. The standard InChI is InChI=1S/C32H32ClN3O4S/c1-7-39-31(38)28-20(5)34-32-36(29(28)25-13-8-9-14-26(25)40-18(2)3)30(37)27(41-32)16-22-15-19(4)35(21(22)6)24-12-10-11-23(33)17-24/h8-18,29H,7H2,1-6H3/b27-16+/t29-/m0/s1. The fourth-order valence-corrected chi connectivity index (χ4v) is 6.46. The van der Waals surface area contributed by atoms with E-state index in [9.17, 15) is 9.59 Å². The Balaban J connectivity index is 1.72. The van der Waals surface area contributed by atoms with Crippen LogP contribution in [0, 0.1) is 13.8 Å². The Morgan fingerprint density at radius 2 is 1.88 bits per heavy atom. The number of ether oxygens (including phenoxy) is 2. The lowest BCUT2D eigenvalue weighted by Gasteiger charge is -2.26. The average Bonchev–Trinajstić information content (AvgIpc) is 3.37. The number of hydrogen-bond donors (Lipinski definition) is 0. The van der Waals surface area contributed by atoms with Gasteiger partial charge in [-0.05, 0) is 83.5 Å². The van der Waals surface area contributed by atoms with Crippen LogP contribution in [0.4, 0.5) is 0 Å². The zero-order valence-electron chi connectivity index (χ0n) is 23.9. The van der Waals surface area contributed by atoms with Gasteiger partial charge in [-0.15, -0.1) is 0 Å². The van der Waals surface area contributed by atoms with Crippen molar-refractivity contribution >= 4 is 35.0 Å². The maximum absolute atomic E-state index is 14.1. The van der Waals surface area contributed by atoms with E-state index in [0.29, 0.717) is 36.9 Å². The zero-order chi connectivity index (χ0) is 29.4. The van der Waals surface area contributed by atoms with Gasteiger partial charge in [-0.3, -0.25) is 9.36 Å². The molecule has 4 aromatic rings. The average molecular weight is 590 g/mol. The molecule has 1 aliphatic rings. The predicted octanol–water partition coefficient (Wildman–Crippen LogP) is 5.65. The van der Waals surface area contributed by atoms with Crippen molar-refractivity contribution in [1.29, 1.82) is 0 Å². The summed E-state index contributed by atoms with van der Waals surface area (Å²) in [6.07, 6.45) is 1.79. The Morgan fingerprint density at radius 1 is 1.12 bits per heavy atom. The number of fused-ring (bicyclic) bond motifs is 1. The van der Waals surface area contributed by atoms with Crippen molar-refractivity contribution in [2.24, 2.45) is 4.99 Å². The number of carbonyl (C=O) groups is 1. The number of carbonyl (C=O) groups excluding carboxylic acids is 1. The van der Waals surface area contributed by atoms with Gasteiger partial charge in [0.25, 0.3) is 5.56 Å². The molecule has 2 aromatic heterocycles. The second-order valence-electron chi connectivity index (χ2n) is 10.1. The summed E-state index contributed by atoms with van der Waals surface area (Å²) in [4.78, 5) is 32.6. The lowest BCUT2D eigenvalue weighted by atomic mass is 9.95. The van der Waals surface area contributed by atoms with Crippen molar-refractivity contribution in [3.8, 4) is 11.4 Å². The first-order chi connectivity index (χ1) is 19.6. The molecule has 41 heavy (non-hydrogen) atoms. The number of benzene rings is 2. The van der Waals surface area contributed by atoms with E-state index in [1.165, 1.54) is 11.3 Å². The van der Waals surface area contributed by atoms with Gasteiger partial charge in [0, 0.05) is 27.7 Å². The van der Waals surface area contributed by atoms with E-state index >= 15 is 0 Å². The van der Waals surface area contributed by atoms with E-state index in [4.69, 9.17) is 26.1 Å². The third-order valence-corrected chi connectivity index (χ3v) is 8.13. The summed E-state index contributed by atoms with van der Waals surface area (Å²) in [5.74, 6) is 0.0982. The van der Waals surface area contributed by atoms with E-state index in [1.54, 1.807) is 18.4 Å². The van der Waals surface area contributed by atoms with Crippen LogP contribution in [0.5, 0.6) is 5.75 Å². The van der Waals surface area contributed by atoms with Crippen LogP contribution in [-0.4, -0.2) is 27.8 Å². The third kappa shape index (κ3) is 5.42. The Labute approximate surface area is 247 Å². The quantitative estimate of drug-likeness (QED) is 0.261. The fraction of sp³-hybridized carbons (Fsp3) is 0.281. The smallest absolute Gasteiger partial charge is 0.338 e. The molecule has 1 aliphatic heterocycles. The first kappa shape index (κ1) is 28.6. The van der Waals surface area contributed by atoms with Crippen LogP contribution in [0.15, 0.2) is 75.7 Å². The molecule has 1 atom stereocenters. The second kappa shape index (κ2) is 11.5. The number of para-hydroxylation sites is 1. The zero-order valence-corrected chi connectivity index (χ0v) is 25.5. The lowest BCUT2D eigenvalue weighted by Crippen LogP contribution is -2.40. The molecule has 9 heteroatoms. The van der Waals surface area contributed by atoms with Crippen molar-refractivity contribution in [1.82, 2.24) is 9.13 Å². The Bertz CT molecular complexity index is 1860. The summed E-state index contributed by atoms with van der Waals surface area (Å²) in [7, 11) is 0. The molecule has 7 nitrogen and oxygen atoms in total. The number of thiazole rings is 1. The number of halogens is 1. The van der Waals surface area contributed by atoms with Crippen LogP contribution >= 0.6 is 22.9 Å². The van der Waals surface area contributed by atoms with Crippen molar-refractivity contribution in [2.45, 2.75) is 53.7 Å². The van der Waals surface area contributed by atoms with Crippen LogP contribution in [0.2, 0.25) is 5.02 Å². The molecule has 0 N–H and O–H groups in total. The highest BCUT2D eigenvalue weighted by Gasteiger charge is 2.35. The summed E-state index contributed by atoms with van der Waals surface area (Å²) < 4.78 is 15.8. The summed E-state index contributed by atoms with van der Waals surface area (Å²) in [5, 5.41) is 0.652. The van der Waals surface area contributed by atoms with Crippen LogP contribution in [-0.2, 0) is 9.53 Å². The molecule has 0 aliphatic carbocycles. The molecule has 212 valence electrons. The van der Waals surface area contributed by atoms with Gasteiger partial charge in [-0.1, -0.05) is 47.2 Å². The van der Waals surface area contributed by atoms with E-state index in [0.717, 1.165) is 22.6 Å². The molecule has 3 heterocycles. The lowest BCUT2D eigenvalue weighted by molar-refractivity contribution is -0.139. The number of rotatable bonds is 7. The molecule has 0 radical (unpaired) electrons. The molecule has 2 aromatic carbocycles.